The number of ketones is 1. The van der Waals surface area contributed by atoms with E-state index in [1.807, 2.05) is 0 Å². The second-order valence-corrected chi connectivity index (χ2v) is 7.30. The van der Waals surface area contributed by atoms with Crippen LogP contribution in [0.2, 0.25) is 0 Å². The molecular weight excluding hydrogens is 416 g/mol. The van der Waals surface area contributed by atoms with Gasteiger partial charge in [0, 0.05) is 12.1 Å². The minimum atomic E-state index is -1.69. The SMILES string of the molecule is O=C1c2c(O)cc(O)cc2O[C@H](c2ccc(O)c(O)c2)[C@H]1O[C@@H]1OC[C@@H](O)[C@H](O)[C@H]1O. The highest BCUT2D eigenvalue weighted by molar-refractivity contribution is 6.05. The lowest BCUT2D eigenvalue weighted by molar-refractivity contribution is -0.283. The van der Waals surface area contributed by atoms with Crippen molar-refractivity contribution in [3.63, 3.8) is 0 Å². The molecule has 11 heteroatoms. The molecule has 2 aromatic carbocycles. The largest absolute Gasteiger partial charge is 0.508 e. The average molecular weight is 436 g/mol. The molecule has 0 amide bonds. The minimum absolute atomic E-state index is 0.152. The van der Waals surface area contributed by atoms with Crippen LogP contribution >= 0.6 is 0 Å². The second kappa shape index (κ2) is 7.87. The molecule has 0 saturated carbocycles. The Balaban J connectivity index is 1.74. The highest BCUT2D eigenvalue weighted by Gasteiger charge is 2.46. The molecule has 2 heterocycles. The average Bonchev–Trinajstić information content (AvgIpc) is 2.71. The number of hydrogen-bond donors (Lipinski definition) is 7. The molecule has 11 nitrogen and oxygen atoms in total. The van der Waals surface area contributed by atoms with E-state index in [9.17, 15) is 40.5 Å². The fraction of sp³-hybridized carbons (Fsp3) is 0.350. The van der Waals surface area contributed by atoms with Crippen LogP contribution in [0.4, 0.5) is 0 Å². The van der Waals surface area contributed by atoms with Gasteiger partial charge in [0.1, 0.15) is 41.1 Å². The van der Waals surface area contributed by atoms with Crippen molar-refractivity contribution in [1.82, 2.24) is 0 Å². The maximum absolute atomic E-state index is 13.2. The second-order valence-electron chi connectivity index (χ2n) is 7.30. The lowest BCUT2D eigenvalue weighted by Crippen LogP contribution is -2.56. The first-order valence-electron chi connectivity index (χ1n) is 9.27. The summed E-state index contributed by atoms with van der Waals surface area (Å²) in [7, 11) is 0. The fourth-order valence-corrected chi connectivity index (χ4v) is 3.54. The number of aliphatic hydroxyl groups is 3. The van der Waals surface area contributed by atoms with Gasteiger partial charge in [-0.3, -0.25) is 4.79 Å². The molecular formula is C20H20O11. The Kier molecular flexibility index (Phi) is 5.37. The number of hydrogen-bond acceptors (Lipinski definition) is 11. The molecule has 0 bridgehead atoms. The van der Waals surface area contributed by atoms with Crippen molar-refractivity contribution in [3.8, 4) is 28.7 Å². The number of fused-ring (bicyclic) bond motifs is 1. The standard InChI is InChI=1S/C20H20O11/c21-8-4-11(24)14-13(5-8)30-18(7-1-2-9(22)10(23)3-7)19(16(14)27)31-20-17(28)15(26)12(25)6-29-20/h1-5,12,15,17-26,28H,6H2/t12-,15+,17-,18-,19+,20+/m1/s1. The summed E-state index contributed by atoms with van der Waals surface area (Å²) in [4.78, 5) is 13.2. The van der Waals surface area contributed by atoms with E-state index >= 15 is 0 Å². The third kappa shape index (κ3) is 3.73. The van der Waals surface area contributed by atoms with Gasteiger partial charge in [0.2, 0.25) is 5.78 Å². The first-order valence-corrected chi connectivity index (χ1v) is 9.27. The van der Waals surface area contributed by atoms with Gasteiger partial charge in [-0.1, -0.05) is 6.07 Å². The van der Waals surface area contributed by atoms with E-state index in [-0.39, 0.29) is 29.2 Å². The summed E-state index contributed by atoms with van der Waals surface area (Å²) >= 11 is 0. The van der Waals surface area contributed by atoms with Crippen LogP contribution in [-0.2, 0) is 9.47 Å². The molecule has 0 aromatic heterocycles. The highest BCUT2D eigenvalue weighted by atomic mass is 16.7. The molecule has 2 aromatic rings. The third-order valence-electron chi connectivity index (χ3n) is 5.16. The first kappa shape index (κ1) is 21.2. The van der Waals surface area contributed by atoms with Gasteiger partial charge in [-0.25, -0.2) is 0 Å². The van der Waals surface area contributed by atoms with Crippen LogP contribution in [0.1, 0.15) is 22.0 Å². The summed E-state index contributed by atoms with van der Waals surface area (Å²) in [6.07, 6.45) is -8.95. The number of ether oxygens (including phenoxy) is 3. The Hall–Kier alpha value is -3.09. The van der Waals surface area contributed by atoms with Crippen LogP contribution in [0, 0.1) is 0 Å². The maximum atomic E-state index is 13.2. The van der Waals surface area contributed by atoms with Crippen LogP contribution in [0.5, 0.6) is 28.7 Å². The molecule has 0 radical (unpaired) electrons. The number of phenols is 4. The van der Waals surface area contributed by atoms with Crippen LogP contribution in [0.3, 0.4) is 0 Å². The van der Waals surface area contributed by atoms with Gasteiger partial charge in [0.05, 0.1) is 6.61 Å². The summed E-state index contributed by atoms with van der Waals surface area (Å²) in [6, 6.07) is 5.71. The van der Waals surface area contributed by atoms with Gasteiger partial charge in [-0.2, -0.15) is 0 Å². The van der Waals surface area contributed by atoms with Crippen LogP contribution in [0.25, 0.3) is 0 Å². The summed E-state index contributed by atoms with van der Waals surface area (Å²) < 4.78 is 16.6. The monoisotopic (exact) mass is 436 g/mol. The zero-order valence-electron chi connectivity index (χ0n) is 15.8. The van der Waals surface area contributed by atoms with E-state index in [4.69, 9.17) is 14.2 Å². The molecule has 166 valence electrons. The summed E-state index contributed by atoms with van der Waals surface area (Å²) in [5, 5.41) is 69.0. The Labute approximate surface area is 174 Å². The van der Waals surface area contributed by atoms with Gasteiger partial charge >= 0.3 is 0 Å². The molecule has 2 aliphatic heterocycles. The predicted molar refractivity (Wildman–Crippen MR) is 99.9 cm³/mol. The van der Waals surface area contributed by atoms with E-state index in [0.29, 0.717) is 0 Å². The number of rotatable bonds is 3. The summed E-state index contributed by atoms with van der Waals surface area (Å²) in [5.41, 5.74) is -0.0963. The van der Waals surface area contributed by atoms with Gasteiger partial charge in [-0.15, -0.1) is 0 Å². The smallest absolute Gasteiger partial charge is 0.203 e. The van der Waals surface area contributed by atoms with E-state index in [1.165, 1.54) is 6.07 Å². The number of aliphatic hydroxyl groups excluding tert-OH is 3. The molecule has 7 N–H and O–H groups in total. The molecule has 1 saturated heterocycles. The Bertz CT molecular complexity index is 1010. The number of carbonyl (C=O) groups excluding carboxylic acids is 1. The van der Waals surface area contributed by atoms with E-state index in [1.54, 1.807) is 0 Å². The van der Waals surface area contributed by atoms with Crippen molar-refractivity contribution in [2.24, 2.45) is 0 Å². The molecule has 31 heavy (non-hydrogen) atoms. The molecule has 2 aliphatic rings. The third-order valence-corrected chi connectivity index (χ3v) is 5.16. The van der Waals surface area contributed by atoms with Gasteiger partial charge in [0.15, 0.2) is 30.0 Å². The first-order chi connectivity index (χ1) is 14.7. The summed E-state index contributed by atoms with van der Waals surface area (Å²) in [5.74, 6) is -2.78. The quantitative estimate of drug-likeness (QED) is 0.312. The molecule has 1 fully saturated rings. The van der Waals surface area contributed by atoms with Gasteiger partial charge < -0.3 is 50.0 Å². The van der Waals surface area contributed by atoms with E-state index in [0.717, 1.165) is 24.3 Å². The lowest BCUT2D eigenvalue weighted by Gasteiger charge is -2.39. The zero-order chi connectivity index (χ0) is 22.4. The van der Waals surface area contributed by atoms with Crippen LogP contribution < -0.4 is 4.74 Å². The Morgan fingerprint density at radius 3 is 2.35 bits per heavy atom. The predicted octanol–water partition coefficient (Wildman–Crippen LogP) is -0.350. The number of carbonyl (C=O) groups is 1. The normalized spacial score (nSPS) is 30.5. The van der Waals surface area contributed by atoms with Gasteiger partial charge in [-0.05, 0) is 17.7 Å². The lowest BCUT2D eigenvalue weighted by atomic mass is 9.92. The van der Waals surface area contributed by atoms with Crippen molar-refractivity contribution in [2.45, 2.75) is 36.8 Å². The van der Waals surface area contributed by atoms with Gasteiger partial charge in [0.25, 0.3) is 0 Å². The van der Waals surface area contributed by atoms with Crippen molar-refractivity contribution >= 4 is 5.78 Å². The van der Waals surface area contributed by atoms with Crippen molar-refractivity contribution in [2.75, 3.05) is 6.61 Å². The molecule has 0 aliphatic carbocycles. The van der Waals surface area contributed by atoms with Crippen molar-refractivity contribution in [3.05, 3.63) is 41.5 Å². The highest BCUT2D eigenvalue weighted by Crippen LogP contribution is 2.44. The minimum Gasteiger partial charge on any atom is -0.508 e. The van der Waals surface area contributed by atoms with Crippen LogP contribution in [-0.4, -0.2) is 78.8 Å². The Morgan fingerprint density at radius 2 is 1.65 bits per heavy atom. The molecule has 0 spiro atoms. The van der Waals surface area contributed by atoms with E-state index < -0.39 is 59.8 Å². The number of aromatic hydroxyl groups is 4. The molecule has 4 rings (SSSR count). The Morgan fingerprint density at radius 1 is 0.903 bits per heavy atom. The number of Topliss-reactive ketones (excluding diaryl/α,β-unsaturated/α-hetero) is 1. The molecule has 6 atom stereocenters. The van der Waals surface area contributed by atoms with E-state index in [2.05, 4.69) is 0 Å². The van der Waals surface area contributed by atoms with Crippen molar-refractivity contribution in [1.29, 1.82) is 0 Å². The number of benzene rings is 2. The van der Waals surface area contributed by atoms with Crippen molar-refractivity contribution < 1.29 is 54.8 Å². The van der Waals surface area contributed by atoms with Crippen LogP contribution in [0.15, 0.2) is 30.3 Å². The zero-order valence-corrected chi connectivity index (χ0v) is 15.8. The topological polar surface area (TPSA) is 186 Å². The maximum Gasteiger partial charge on any atom is 0.203 e. The summed E-state index contributed by atoms with van der Waals surface area (Å²) in [6.45, 7) is -0.370. The number of phenolic OH excluding ortho intramolecular Hbond substituents is 4. The molecule has 0 unspecified atom stereocenters. The fourth-order valence-electron chi connectivity index (χ4n) is 3.54.